The predicted molar refractivity (Wildman–Crippen MR) is 77.4 cm³/mol. The molecule has 0 bridgehead atoms. The Morgan fingerprint density at radius 1 is 1.25 bits per heavy atom. The lowest BCUT2D eigenvalue weighted by molar-refractivity contribution is 0.0979. The molecule has 90 valence electrons. The Balaban J connectivity index is 2.33. The summed E-state index contributed by atoms with van der Waals surface area (Å²) < 4.78 is 1.95. The first-order chi connectivity index (χ1) is 7.65. The molecule has 0 radical (unpaired) electrons. The molecule has 0 saturated carbocycles. The third-order valence-corrected chi connectivity index (χ3v) is 4.80. The Morgan fingerprint density at radius 3 is 2.50 bits per heavy atom. The highest BCUT2D eigenvalue weighted by molar-refractivity contribution is 9.12. The Bertz CT molecular complexity index is 347. The summed E-state index contributed by atoms with van der Waals surface area (Å²) in [6.45, 7) is 2.20. The van der Waals surface area contributed by atoms with E-state index >= 15 is 0 Å². The fourth-order valence-corrected chi connectivity index (χ4v) is 4.41. The van der Waals surface area contributed by atoms with Crippen molar-refractivity contribution in [3.8, 4) is 0 Å². The van der Waals surface area contributed by atoms with Gasteiger partial charge in [0.2, 0.25) is 0 Å². The van der Waals surface area contributed by atoms with Crippen LogP contribution in [0.1, 0.15) is 55.8 Å². The van der Waals surface area contributed by atoms with Crippen molar-refractivity contribution in [3.63, 3.8) is 0 Å². The highest BCUT2D eigenvalue weighted by atomic mass is 79.9. The van der Waals surface area contributed by atoms with Crippen LogP contribution in [0.25, 0.3) is 0 Å². The van der Waals surface area contributed by atoms with Gasteiger partial charge in [-0.25, -0.2) is 0 Å². The zero-order valence-electron chi connectivity index (χ0n) is 9.39. The molecule has 1 rings (SSSR count). The van der Waals surface area contributed by atoms with E-state index in [1.165, 1.54) is 25.7 Å². The normalized spacial score (nSPS) is 10.7. The monoisotopic (exact) mass is 366 g/mol. The summed E-state index contributed by atoms with van der Waals surface area (Å²) in [5, 5.41) is 0. The van der Waals surface area contributed by atoms with Crippen molar-refractivity contribution in [1.29, 1.82) is 0 Å². The van der Waals surface area contributed by atoms with Crippen LogP contribution < -0.4 is 0 Å². The summed E-state index contributed by atoms with van der Waals surface area (Å²) in [5.74, 6) is 0.255. The molecule has 4 heteroatoms. The number of carbonyl (C=O) groups is 1. The highest BCUT2D eigenvalue weighted by Gasteiger charge is 2.12. The molecule has 0 aliphatic heterocycles. The smallest absolute Gasteiger partial charge is 0.164 e. The molecule has 1 nitrogen and oxygen atoms in total. The maximum atomic E-state index is 11.9. The van der Waals surface area contributed by atoms with Crippen LogP contribution in [0.15, 0.2) is 13.6 Å². The minimum Gasteiger partial charge on any atom is -0.294 e. The molecule has 1 heterocycles. The summed E-state index contributed by atoms with van der Waals surface area (Å²) in [4.78, 5) is 11.9. The molecule has 0 unspecified atom stereocenters. The van der Waals surface area contributed by atoms with Crippen molar-refractivity contribution in [2.45, 2.75) is 45.4 Å². The Morgan fingerprint density at radius 2 is 1.94 bits per heavy atom. The van der Waals surface area contributed by atoms with Crippen LogP contribution in [-0.4, -0.2) is 5.78 Å². The average molecular weight is 368 g/mol. The van der Waals surface area contributed by atoms with Crippen LogP contribution in [0.5, 0.6) is 0 Å². The van der Waals surface area contributed by atoms with Gasteiger partial charge in [0, 0.05) is 12.0 Å². The molecule has 1 aromatic heterocycles. The van der Waals surface area contributed by atoms with Gasteiger partial charge in [-0.05, 0) is 44.3 Å². The van der Waals surface area contributed by atoms with E-state index in [1.54, 1.807) is 11.3 Å². The van der Waals surface area contributed by atoms with Gasteiger partial charge in [0.05, 0.1) is 7.57 Å². The van der Waals surface area contributed by atoms with Crippen LogP contribution in [-0.2, 0) is 0 Å². The summed E-state index contributed by atoms with van der Waals surface area (Å²) in [7, 11) is 0. The lowest BCUT2D eigenvalue weighted by atomic mass is 10.1. The second-order valence-corrected chi connectivity index (χ2v) is 7.57. The molecule has 0 aromatic carbocycles. The molecule has 1 aromatic rings. The fraction of sp³-hybridized carbons (Fsp3) is 0.583. The number of unbranched alkanes of at least 4 members (excludes halogenated alkanes) is 4. The molecule has 0 aliphatic rings. The predicted octanol–water partition coefficient (Wildman–Crippen LogP) is 5.82. The van der Waals surface area contributed by atoms with E-state index in [1.807, 2.05) is 6.07 Å². The number of ketones is 1. The first-order valence-electron chi connectivity index (χ1n) is 5.63. The highest BCUT2D eigenvalue weighted by Crippen LogP contribution is 2.32. The topological polar surface area (TPSA) is 17.1 Å². The van der Waals surface area contributed by atoms with Crippen molar-refractivity contribution in [2.75, 3.05) is 0 Å². The van der Waals surface area contributed by atoms with Crippen molar-refractivity contribution in [2.24, 2.45) is 0 Å². The molecule has 0 saturated heterocycles. The molecular formula is C12H16Br2OS. The third kappa shape index (κ3) is 4.68. The summed E-state index contributed by atoms with van der Waals surface area (Å²) in [6, 6.07) is 1.91. The summed E-state index contributed by atoms with van der Waals surface area (Å²) in [6.07, 6.45) is 6.63. The van der Waals surface area contributed by atoms with Crippen LogP contribution in [0.3, 0.4) is 0 Å². The summed E-state index contributed by atoms with van der Waals surface area (Å²) in [5.41, 5.74) is 0.826. The van der Waals surface area contributed by atoms with E-state index in [9.17, 15) is 4.79 Å². The van der Waals surface area contributed by atoms with E-state index in [0.29, 0.717) is 6.42 Å². The number of rotatable bonds is 7. The van der Waals surface area contributed by atoms with Crippen LogP contribution >= 0.6 is 43.2 Å². The molecule has 0 aliphatic carbocycles. The minimum atomic E-state index is 0.255. The second kappa shape index (κ2) is 7.62. The van der Waals surface area contributed by atoms with Crippen LogP contribution in [0.4, 0.5) is 0 Å². The van der Waals surface area contributed by atoms with Gasteiger partial charge in [-0.2, -0.15) is 0 Å². The molecule has 0 N–H and O–H groups in total. The van der Waals surface area contributed by atoms with Gasteiger partial charge in [0.25, 0.3) is 0 Å². The van der Waals surface area contributed by atoms with Crippen LogP contribution in [0, 0.1) is 0 Å². The lowest BCUT2D eigenvalue weighted by Gasteiger charge is -1.99. The number of hydrogen-bond donors (Lipinski definition) is 0. The number of hydrogen-bond acceptors (Lipinski definition) is 2. The van der Waals surface area contributed by atoms with Gasteiger partial charge in [-0.3, -0.25) is 4.79 Å². The third-order valence-electron chi connectivity index (χ3n) is 2.46. The van der Waals surface area contributed by atoms with Gasteiger partial charge in [0.15, 0.2) is 5.78 Å². The summed E-state index contributed by atoms with van der Waals surface area (Å²) >= 11 is 8.37. The van der Waals surface area contributed by atoms with Gasteiger partial charge >= 0.3 is 0 Å². The van der Waals surface area contributed by atoms with Gasteiger partial charge in [0.1, 0.15) is 0 Å². The number of Topliss-reactive ketones (excluding diaryl/α,β-unsaturated/α-hetero) is 1. The first-order valence-corrected chi connectivity index (χ1v) is 8.03. The Hall–Kier alpha value is 0.330. The van der Waals surface area contributed by atoms with Gasteiger partial charge in [-0.1, -0.05) is 32.6 Å². The van der Waals surface area contributed by atoms with Crippen molar-refractivity contribution >= 4 is 49.0 Å². The largest absolute Gasteiger partial charge is 0.294 e. The Labute approximate surface area is 118 Å². The molecule has 16 heavy (non-hydrogen) atoms. The first kappa shape index (κ1) is 14.4. The van der Waals surface area contributed by atoms with E-state index in [2.05, 4.69) is 38.8 Å². The zero-order chi connectivity index (χ0) is 12.0. The van der Waals surface area contributed by atoms with E-state index in [4.69, 9.17) is 0 Å². The van der Waals surface area contributed by atoms with Crippen molar-refractivity contribution in [3.05, 3.63) is 19.2 Å². The number of halogens is 2. The minimum absolute atomic E-state index is 0.255. The molecule has 0 fully saturated rings. The second-order valence-electron chi connectivity index (χ2n) is 3.83. The maximum absolute atomic E-state index is 11.9. The van der Waals surface area contributed by atoms with Crippen LogP contribution in [0.2, 0.25) is 0 Å². The van der Waals surface area contributed by atoms with Gasteiger partial charge in [-0.15, -0.1) is 11.3 Å². The molecule has 0 atom stereocenters. The molecular weight excluding hydrogens is 352 g/mol. The van der Waals surface area contributed by atoms with Gasteiger partial charge < -0.3 is 0 Å². The van der Waals surface area contributed by atoms with E-state index in [-0.39, 0.29) is 5.78 Å². The quantitative estimate of drug-likeness (QED) is 0.438. The van der Waals surface area contributed by atoms with E-state index in [0.717, 1.165) is 19.6 Å². The standard InChI is InChI=1S/C12H16Br2OS/c1-2-3-4-5-6-7-10(15)9-8-11(13)16-12(9)14/h8H,2-7H2,1H3. The van der Waals surface area contributed by atoms with Crippen molar-refractivity contribution in [1.82, 2.24) is 0 Å². The average Bonchev–Trinajstić information content (AvgIpc) is 2.57. The fourth-order valence-electron chi connectivity index (χ4n) is 1.55. The maximum Gasteiger partial charge on any atom is 0.164 e. The lowest BCUT2D eigenvalue weighted by Crippen LogP contribution is -1.97. The molecule has 0 spiro atoms. The van der Waals surface area contributed by atoms with E-state index < -0.39 is 0 Å². The molecule has 0 amide bonds. The zero-order valence-corrected chi connectivity index (χ0v) is 13.4. The number of thiophene rings is 1. The Kier molecular flexibility index (Phi) is 6.85. The SMILES string of the molecule is CCCCCCCC(=O)c1cc(Br)sc1Br. The number of carbonyl (C=O) groups excluding carboxylic acids is 1. The van der Waals surface area contributed by atoms with Crippen molar-refractivity contribution < 1.29 is 4.79 Å².